The summed E-state index contributed by atoms with van der Waals surface area (Å²) in [7, 11) is -3.97. The first-order chi connectivity index (χ1) is 16.7. The van der Waals surface area contributed by atoms with Gasteiger partial charge < -0.3 is 9.47 Å². The van der Waals surface area contributed by atoms with E-state index in [1.54, 1.807) is 53.6 Å². The van der Waals surface area contributed by atoms with E-state index in [2.05, 4.69) is 14.5 Å². The van der Waals surface area contributed by atoms with Gasteiger partial charge in [-0.15, -0.1) is 8.78 Å². The average molecular weight is 502 g/mol. The lowest BCUT2D eigenvalue weighted by Crippen LogP contribution is -2.49. The van der Waals surface area contributed by atoms with E-state index in [0.29, 0.717) is 24.2 Å². The number of amides is 1. The number of carbonyl (C=O) groups excluding carboxylic acids is 1. The van der Waals surface area contributed by atoms with Crippen LogP contribution in [0.15, 0.2) is 77.8 Å². The van der Waals surface area contributed by atoms with Gasteiger partial charge in [0.25, 0.3) is 5.91 Å². The zero-order valence-electron chi connectivity index (χ0n) is 18.4. The van der Waals surface area contributed by atoms with Crippen molar-refractivity contribution in [2.45, 2.75) is 30.1 Å². The molecule has 3 heterocycles. The third kappa shape index (κ3) is 4.56. The third-order valence-corrected chi connectivity index (χ3v) is 7.83. The van der Waals surface area contributed by atoms with E-state index in [0.717, 1.165) is 12.1 Å². The van der Waals surface area contributed by atoms with Crippen molar-refractivity contribution in [1.29, 1.82) is 0 Å². The lowest BCUT2D eigenvalue weighted by atomic mass is 10.0. The predicted molar refractivity (Wildman–Crippen MR) is 122 cm³/mol. The van der Waals surface area contributed by atoms with Gasteiger partial charge in [0.1, 0.15) is 5.82 Å². The van der Waals surface area contributed by atoms with Gasteiger partial charge in [-0.3, -0.25) is 9.69 Å². The average Bonchev–Trinajstić information content (AvgIpc) is 3.18. The number of nitrogens with zero attached hydrogens (tertiary/aromatic N) is 3. The molecule has 11 heteroatoms. The first-order valence-corrected chi connectivity index (χ1v) is 12.4. The van der Waals surface area contributed by atoms with E-state index in [1.807, 2.05) is 6.07 Å². The molecule has 0 N–H and O–H groups in total. The summed E-state index contributed by atoms with van der Waals surface area (Å²) in [4.78, 5) is 19.2. The molecule has 0 spiro atoms. The van der Waals surface area contributed by atoms with Gasteiger partial charge in [0.2, 0.25) is 10.0 Å². The summed E-state index contributed by atoms with van der Waals surface area (Å²) >= 11 is 0. The van der Waals surface area contributed by atoms with E-state index in [1.165, 1.54) is 10.4 Å². The predicted octanol–water partition coefficient (Wildman–Crippen LogP) is 3.90. The second-order valence-corrected chi connectivity index (χ2v) is 10.1. The van der Waals surface area contributed by atoms with E-state index >= 15 is 0 Å². The monoisotopic (exact) mass is 501 g/mol. The van der Waals surface area contributed by atoms with Crippen LogP contribution in [0, 0.1) is 0 Å². The highest BCUT2D eigenvalue weighted by Gasteiger charge is 2.44. The number of halogens is 2. The number of piperidine rings is 1. The van der Waals surface area contributed by atoms with Crippen molar-refractivity contribution >= 4 is 21.7 Å². The number of benzene rings is 2. The maximum absolute atomic E-state index is 13.4. The van der Waals surface area contributed by atoms with Crippen LogP contribution in [0.4, 0.5) is 14.6 Å². The Labute approximate surface area is 200 Å². The third-order valence-electron chi connectivity index (χ3n) is 5.93. The molecule has 1 fully saturated rings. The second kappa shape index (κ2) is 8.90. The minimum Gasteiger partial charge on any atom is -0.395 e. The van der Waals surface area contributed by atoms with Crippen LogP contribution in [0.5, 0.6) is 11.5 Å². The fourth-order valence-electron chi connectivity index (χ4n) is 4.25. The van der Waals surface area contributed by atoms with E-state index in [-0.39, 0.29) is 41.4 Å². The van der Waals surface area contributed by atoms with Crippen LogP contribution in [0.2, 0.25) is 0 Å². The zero-order valence-corrected chi connectivity index (χ0v) is 19.2. The van der Waals surface area contributed by atoms with Gasteiger partial charge in [-0.05, 0) is 49.2 Å². The number of rotatable bonds is 5. The first kappa shape index (κ1) is 23.2. The Morgan fingerprint density at radius 2 is 1.66 bits per heavy atom. The molecule has 182 valence electrons. The van der Waals surface area contributed by atoms with Crippen molar-refractivity contribution in [3.8, 4) is 11.5 Å². The lowest BCUT2D eigenvalue weighted by molar-refractivity contribution is -0.286. The highest BCUT2D eigenvalue weighted by atomic mass is 32.2. The van der Waals surface area contributed by atoms with Crippen LogP contribution in [0.3, 0.4) is 0 Å². The standard InChI is InChI=1S/C24H21F2N3O5S/c25-24(26)33-20-10-9-19(16-21(20)34-24)35(31,32)28-14-11-18(12-15-28)29(22-8-4-5-13-27-22)23(30)17-6-2-1-3-7-17/h1-10,13,16,18H,11-12,14-15H2. The van der Waals surface area contributed by atoms with Crippen molar-refractivity contribution in [3.63, 3.8) is 0 Å². The van der Waals surface area contributed by atoms with Gasteiger partial charge >= 0.3 is 6.29 Å². The van der Waals surface area contributed by atoms with E-state index in [4.69, 9.17) is 0 Å². The highest BCUT2D eigenvalue weighted by Crippen LogP contribution is 2.42. The van der Waals surface area contributed by atoms with Crippen molar-refractivity contribution < 1.29 is 31.5 Å². The minimum atomic E-state index is -3.97. The summed E-state index contributed by atoms with van der Waals surface area (Å²) in [6.07, 6.45) is -1.49. The Bertz CT molecular complexity index is 1330. The SMILES string of the molecule is O=C(c1ccccc1)N(c1ccccn1)C1CCN(S(=O)(=O)c2ccc3c(c2)OC(F)(F)O3)CC1. The van der Waals surface area contributed by atoms with Crippen LogP contribution in [0.25, 0.3) is 0 Å². The van der Waals surface area contributed by atoms with Crippen molar-refractivity contribution in [2.75, 3.05) is 18.0 Å². The molecule has 0 bridgehead atoms. The molecule has 0 aliphatic carbocycles. The molecule has 1 amide bonds. The zero-order chi connectivity index (χ0) is 24.6. The normalized spacial score (nSPS) is 17.8. The Balaban J connectivity index is 1.35. The molecule has 1 saturated heterocycles. The maximum atomic E-state index is 13.4. The molecule has 8 nitrogen and oxygen atoms in total. The van der Waals surface area contributed by atoms with Gasteiger partial charge in [0.05, 0.1) is 4.90 Å². The molecular formula is C24H21F2N3O5S. The Morgan fingerprint density at radius 3 is 2.34 bits per heavy atom. The van der Waals surface area contributed by atoms with Crippen LogP contribution >= 0.6 is 0 Å². The number of alkyl halides is 2. The Kier molecular flexibility index (Phi) is 5.89. The number of fused-ring (bicyclic) bond motifs is 1. The second-order valence-electron chi connectivity index (χ2n) is 8.14. The number of carbonyl (C=O) groups is 1. The quantitative estimate of drug-likeness (QED) is 0.527. The number of hydrogen-bond donors (Lipinski definition) is 0. The van der Waals surface area contributed by atoms with Gasteiger partial charge in [0, 0.05) is 37.0 Å². The molecule has 1 aromatic heterocycles. The molecule has 0 unspecified atom stereocenters. The smallest absolute Gasteiger partial charge is 0.395 e. The summed E-state index contributed by atoms with van der Waals surface area (Å²) in [5, 5.41) is 0. The molecule has 0 atom stereocenters. The van der Waals surface area contributed by atoms with Crippen molar-refractivity contribution in [1.82, 2.24) is 9.29 Å². The molecule has 0 saturated carbocycles. The number of sulfonamides is 1. The summed E-state index contributed by atoms with van der Waals surface area (Å²) < 4.78 is 63.1. The minimum absolute atomic E-state index is 0.142. The topological polar surface area (TPSA) is 89.0 Å². The molecule has 0 radical (unpaired) electrons. The van der Waals surface area contributed by atoms with E-state index < -0.39 is 16.3 Å². The summed E-state index contributed by atoms with van der Waals surface area (Å²) in [5.74, 6) is -0.291. The maximum Gasteiger partial charge on any atom is 0.586 e. The molecule has 35 heavy (non-hydrogen) atoms. The summed E-state index contributed by atoms with van der Waals surface area (Å²) in [6, 6.07) is 17.2. The van der Waals surface area contributed by atoms with E-state index in [9.17, 15) is 22.0 Å². The fraction of sp³-hybridized carbons (Fsp3) is 0.250. The van der Waals surface area contributed by atoms with Gasteiger partial charge in [0.15, 0.2) is 11.5 Å². The number of anilines is 1. The number of ether oxygens (including phenoxy) is 2. The first-order valence-electron chi connectivity index (χ1n) is 10.9. The lowest BCUT2D eigenvalue weighted by Gasteiger charge is -2.37. The van der Waals surface area contributed by atoms with Crippen LogP contribution in [0.1, 0.15) is 23.2 Å². The number of aromatic nitrogens is 1. The number of pyridine rings is 1. The van der Waals surface area contributed by atoms with Gasteiger partial charge in [-0.25, -0.2) is 13.4 Å². The Morgan fingerprint density at radius 1 is 0.971 bits per heavy atom. The molecule has 3 aromatic rings. The van der Waals surface area contributed by atoms with Gasteiger partial charge in [-0.2, -0.15) is 4.31 Å². The fourth-order valence-corrected chi connectivity index (χ4v) is 5.74. The van der Waals surface area contributed by atoms with Crippen LogP contribution < -0.4 is 14.4 Å². The largest absolute Gasteiger partial charge is 0.586 e. The van der Waals surface area contributed by atoms with Crippen LogP contribution in [-0.4, -0.2) is 49.0 Å². The Hall–Kier alpha value is -3.57. The number of hydrogen-bond acceptors (Lipinski definition) is 6. The molecule has 2 aromatic carbocycles. The molecule has 2 aliphatic heterocycles. The summed E-state index contributed by atoms with van der Waals surface area (Å²) in [5.41, 5.74) is 0.505. The van der Waals surface area contributed by atoms with Crippen LogP contribution in [-0.2, 0) is 10.0 Å². The molecular weight excluding hydrogens is 480 g/mol. The molecule has 5 rings (SSSR count). The van der Waals surface area contributed by atoms with Crippen molar-refractivity contribution in [3.05, 3.63) is 78.5 Å². The molecule has 2 aliphatic rings. The van der Waals surface area contributed by atoms with Crippen molar-refractivity contribution in [2.24, 2.45) is 0 Å². The highest BCUT2D eigenvalue weighted by molar-refractivity contribution is 7.89. The van der Waals surface area contributed by atoms with Gasteiger partial charge in [-0.1, -0.05) is 24.3 Å². The summed E-state index contributed by atoms with van der Waals surface area (Å²) in [6.45, 7) is 0.284.